The Bertz CT molecular complexity index is 499. The minimum absolute atomic E-state index is 0.525. The molecule has 14 heavy (non-hydrogen) atoms. The molecule has 0 amide bonds. The molecule has 1 aliphatic rings. The predicted molar refractivity (Wildman–Crippen MR) is 57.5 cm³/mol. The van der Waals surface area contributed by atoms with E-state index in [9.17, 15) is 5.11 Å². The van der Waals surface area contributed by atoms with Crippen LogP contribution < -0.4 is 0 Å². The molecule has 1 saturated carbocycles. The normalized spacial score (nSPS) is 18.7. The van der Waals surface area contributed by atoms with Gasteiger partial charge in [-0.25, -0.2) is 0 Å². The summed E-state index contributed by atoms with van der Waals surface area (Å²) in [6.07, 6.45) is 1.80. The molecule has 1 N–H and O–H groups in total. The first-order valence-corrected chi connectivity index (χ1v) is 5.55. The van der Waals surface area contributed by atoms with Crippen molar-refractivity contribution in [3.63, 3.8) is 0 Å². The lowest BCUT2D eigenvalue weighted by Gasteiger charge is -2.07. The van der Waals surface area contributed by atoms with Gasteiger partial charge in [-0.05, 0) is 49.0 Å². The first-order valence-electron chi connectivity index (χ1n) is 4.78. The van der Waals surface area contributed by atoms with E-state index in [-0.39, 0.29) is 0 Å². The molecular formula is C11H11NOS. The van der Waals surface area contributed by atoms with Gasteiger partial charge in [0, 0.05) is 5.39 Å². The second-order valence-corrected chi connectivity index (χ2v) is 4.82. The number of aromatic nitrogens is 1. The number of nitrogens with zero attached hydrogens (tertiary/aromatic N) is 1. The van der Waals surface area contributed by atoms with Gasteiger partial charge in [0.25, 0.3) is 0 Å². The molecule has 2 aromatic rings. The maximum Gasteiger partial charge on any atom is 0.0899 e. The smallest absolute Gasteiger partial charge is 0.0899 e. The Hall–Kier alpha value is -0.930. The summed E-state index contributed by atoms with van der Waals surface area (Å²) in [5.74, 6) is 0. The van der Waals surface area contributed by atoms with Crippen molar-refractivity contribution in [3.05, 3.63) is 29.5 Å². The molecule has 0 radical (unpaired) electrons. The summed E-state index contributed by atoms with van der Waals surface area (Å²) < 4.78 is 5.50. The molecule has 0 unspecified atom stereocenters. The van der Waals surface area contributed by atoms with Gasteiger partial charge < -0.3 is 5.11 Å². The van der Waals surface area contributed by atoms with Gasteiger partial charge >= 0.3 is 0 Å². The topological polar surface area (TPSA) is 33.1 Å². The van der Waals surface area contributed by atoms with Crippen LogP contribution in [0.2, 0.25) is 0 Å². The Labute approximate surface area is 86.4 Å². The molecule has 1 fully saturated rings. The minimum Gasteiger partial charge on any atom is -0.385 e. The highest BCUT2D eigenvalue weighted by Crippen LogP contribution is 2.46. The maximum absolute atomic E-state index is 9.97. The van der Waals surface area contributed by atoms with Gasteiger partial charge in [0.1, 0.15) is 0 Å². The van der Waals surface area contributed by atoms with E-state index < -0.39 is 5.60 Å². The molecule has 2 nitrogen and oxygen atoms in total. The van der Waals surface area contributed by atoms with Crippen LogP contribution in [0.1, 0.15) is 24.1 Å². The molecule has 0 bridgehead atoms. The second kappa shape index (κ2) is 2.55. The minimum atomic E-state index is -0.525. The highest BCUT2D eigenvalue weighted by Gasteiger charge is 2.42. The van der Waals surface area contributed by atoms with Crippen LogP contribution in [-0.4, -0.2) is 9.48 Å². The third-order valence-corrected chi connectivity index (χ3v) is 3.83. The number of hydrogen-bond donors (Lipinski definition) is 1. The summed E-state index contributed by atoms with van der Waals surface area (Å²) in [6.45, 7) is 2.01. The average molecular weight is 205 g/mol. The molecule has 3 rings (SSSR count). The quantitative estimate of drug-likeness (QED) is 0.776. The number of benzene rings is 1. The number of aryl methyl sites for hydroxylation is 1. The van der Waals surface area contributed by atoms with Crippen LogP contribution in [-0.2, 0) is 5.60 Å². The third-order valence-electron chi connectivity index (χ3n) is 2.91. The summed E-state index contributed by atoms with van der Waals surface area (Å²) in [5.41, 5.74) is 1.59. The van der Waals surface area contributed by atoms with Gasteiger partial charge in [-0.15, -0.1) is 0 Å². The van der Waals surface area contributed by atoms with E-state index in [0.29, 0.717) is 0 Å². The Morgan fingerprint density at radius 3 is 2.93 bits per heavy atom. The zero-order valence-electron chi connectivity index (χ0n) is 7.95. The largest absolute Gasteiger partial charge is 0.385 e. The summed E-state index contributed by atoms with van der Waals surface area (Å²) in [4.78, 5) is 0. The van der Waals surface area contributed by atoms with Crippen molar-refractivity contribution in [2.24, 2.45) is 0 Å². The van der Waals surface area contributed by atoms with Crippen molar-refractivity contribution < 1.29 is 5.11 Å². The van der Waals surface area contributed by atoms with Crippen molar-refractivity contribution in [1.29, 1.82) is 0 Å². The molecule has 3 heteroatoms. The van der Waals surface area contributed by atoms with Crippen molar-refractivity contribution in [3.8, 4) is 0 Å². The fourth-order valence-corrected chi connectivity index (χ4v) is 2.52. The zero-order valence-corrected chi connectivity index (χ0v) is 8.77. The molecule has 0 saturated heterocycles. The number of rotatable bonds is 1. The van der Waals surface area contributed by atoms with E-state index >= 15 is 0 Å². The lowest BCUT2D eigenvalue weighted by Crippen LogP contribution is -2.03. The van der Waals surface area contributed by atoms with Crippen molar-refractivity contribution >= 4 is 21.6 Å². The zero-order chi connectivity index (χ0) is 9.76. The molecule has 1 aromatic heterocycles. The van der Waals surface area contributed by atoms with E-state index in [4.69, 9.17) is 0 Å². The standard InChI is InChI=1S/C11H11NOS/c1-7-9-6-8(11(13)4-5-11)2-3-10(9)14-12-7/h2-3,6,13H,4-5H2,1H3. The Morgan fingerprint density at radius 1 is 1.43 bits per heavy atom. The molecule has 1 aromatic carbocycles. The summed E-state index contributed by atoms with van der Waals surface area (Å²) in [7, 11) is 0. The lowest BCUT2D eigenvalue weighted by molar-refractivity contribution is 0.151. The van der Waals surface area contributed by atoms with Gasteiger partial charge in [-0.2, -0.15) is 4.37 Å². The van der Waals surface area contributed by atoms with E-state index in [0.717, 1.165) is 24.1 Å². The Morgan fingerprint density at radius 2 is 2.21 bits per heavy atom. The van der Waals surface area contributed by atoms with Crippen LogP contribution in [0, 0.1) is 6.92 Å². The van der Waals surface area contributed by atoms with Crippen LogP contribution in [0.25, 0.3) is 10.1 Å². The first-order chi connectivity index (χ1) is 6.69. The van der Waals surface area contributed by atoms with Gasteiger partial charge in [0.05, 0.1) is 16.0 Å². The fourth-order valence-electron chi connectivity index (χ4n) is 1.76. The molecule has 1 heterocycles. The molecule has 0 atom stereocenters. The van der Waals surface area contributed by atoms with Gasteiger partial charge in [-0.3, -0.25) is 0 Å². The summed E-state index contributed by atoms with van der Waals surface area (Å²) in [6, 6.07) is 6.17. The average Bonchev–Trinajstić information content (AvgIpc) is 2.84. The van der Waals surface area contributed by atoms with Crippen LogP contribution in [0.4, 0.5) is 0 Å². The van der Waals surface area contributed by atoms with Crippen LogP contribution in [0.15, 0.2) is 18.2 Å². The second-order valence-electron chi connectivity index (χ2n) is 4.01. The molecule has 0 aliphatic heterocycles. The van der Waals surface area contributed by atoms with E-state index in [1.54, 1.807) is 0 Å². The van der Waals surface area contributed by atoms with Crippen LogP contribution in [0.5, 0.6) is 0 Å². The Balaban J connectivity index is 2.23. The van der Waals surface area contributed by atoms with E-state index in [1.165, 1.54) is 21.6 Å². The molecule has 1 aliphatic carbocycles. The summed E-state index contributed by atoms with van der Waals surface area (Å²) >= 11 is 1.52. The Kier molecular flexibility index (Phi) is 1.53. The third kappa shape index (κ3) is 1.09. The highest BCUT2D eigenvalue weighted by atomic mass is 32.1. The van der Waals surface area contributed by atoms with Gasteiger partial charge in [-0.1, -0.05) is 6.07 Å². The van der Waals surface area contributed by atoms with Crippen LogP contribution >= 0.6 is 11.5 Å². The predicted octanol–water partition coefficient (Wildman–Crippen LogP) is 2.59. The number of fused-ring (bicyclic) bond motifs is 1. The monoisotopic (exact) mass is 205 g/mol. The maximum atomic E-state index is 9.97. The first kappa shape index (κ1) is 8.38. The highest BCUT2D eigenvalue weighted by molar-refractivity contribution is 7.13. The van der Waals surface area contributed by atoms with Gasteiger partial charge in [0.15, 0.2) is 0 Å². The molecular weight excluding hydrogens is 194 g/mol. The summed E-state index contributed by atoms with van der Waals surface area (Å²) in [5, 5.41) is 11.2. The van der Waals surface area contributed by atoms with Crippen LogP contribution in [0.3, 0.4) is 0 Å². The van der Waals surface area contributed by atoms with Crippen molar-refractivity contribution in [2.75, 3.05) is 0 Å². The fraction of sp³-hybridized carbons (Fsp3) is 0.364. The number of aliphatic hydroxyl groups is 1. The van der Waals surface area contributed by atoms with E-state index in [2.05, 4.69) is 16.5 Å². The molecule has 0 spiro atoms. The number of hydrogen-bond acceptors (Lipinski definition) is 3. The molecule has 72 valence electrons. The van der Waals surface area contributed by atoms with Crippen molar-refractivity contribution in [2.45, 2.75) is 25.4 Å². The lowest BCUT2D eigenvalue weighted by atomic mass is 10.1. The van der Waals surface area contributed by atoms with E-state index in [1.807, 2.05) is 13.0 Å². The van der Waals surface area contributed by atoms with Gasteiger partial charge in [0.2, 0.25) is 0 Å². The SMILES string of the molecule is Cc1nsc2ccc(C3(O)CC3)cc12. The van der Waals surface area contributed by atoms with Crippen molar-refractivity contribution in [1.82, 2.24) is 4.37 Å².